The first kappa shape index (κ1) is 15.9. The van der Waals surface area contributed by atoms with E-state index >= 15 is 0 Å². The maximum atomic E-state index is 10.5. The zero-order chi connectivity index (χ0) is 16.3. The van der Waals surface area contributed by atoms with Crippen LogP contribution in [-0.4, -0.2) is 16.3 Å². The van der Waals surface area contributed by atoms with Gasteiger partial charge >= 0.3 is 0 Å². The number of phenolic OH excluding ortho intramolecular Hbond substituents is 1. The molecule has 0 aromatic heterocycles. The maximum Gasteiger partial charge on any atom is 0.119 e. The Balaban J connectivity index is 2.16. The van der Waals surface area contributed by atoms with E-state index in [4.69, 9.17) is 0 Å². The summed E-state index contributed by atoms with van der Waals surface area (Å²) >= 11 is 0. The summed E-state index contributed by atoms with van der Waals surface area (Å²) in [6, 6.07) is 4.04. The number of benzene rings is 1. The Morgan fingerprint density at radius 2 is 1.82 bits per heavy atom. The molecule has 0 spiro atoms. The molecule has 0 saturated heterocycles. The third-order valence-electron chi connectivity index (χ3n) is 6.67. The summed E-state index contributed by atoms with van der Waals surface area (Å²) in [6.07, 6.45) is 3.84. The largest absolute Gasteiger partial charge is 0.508 e. The molecular weight excluding hydrogens is 272 g/mol. The molecule has 2 unspecified atom stereocenters. The second kappa shape index (κ2) is 4.99. The van der Waals surface area contributed by atoms with Crippen LogP contribution in [0.5, 0.6) is 5.75 Å². The average molecular weight is 302 g/mol. The van der Waals surface area contributed by atoms with E-state index in [1.54, 1.807) is 0 Å². The van der Waals surface area contributed by atoms with E-state index in [9.17, 15) is 10.2 Å². The van der Waals surface area contributed by atoms with Crippen LogP contribution in [0.2, 0.25) is 0 Å². The highest BCUT2D eigenvalue weighted by atomic mass is 16.3. The van der Waals surface area contributed by atoms with Crippen LogP contribution >= 0.6 is 0 Å². The fourth-order valence-corrected chi connectivity index (χ4v) is 5.44. The van der Waals surface area contributed by atoms with E-state index in [0.717, 1.165) is 31.2 Å². The van der Waals surface area contributed by atoms with Crippen molar-refractivity contribution >= 4 is 0 Å². The van der Waals surface area contributed by atoms with Gasteiger partial charge in [0.05, 0.1) is 6.10 Å². The van der Waals surface area contributed by atoms with E-state index in [2.05, 4.69) is 40.7 Å². The summed E-state index contributed by atoms with van der Waals surface area (Å²) in [7, 11) is 0. The molecule has 2 N–H and O–H groups in total. The van der Waals surface area contributed by atoms with Crippen molar-refractivity contribution in [2.24, 2.45) is 11.3 Å². The molecule has 2 aliphatic rings. The first-order valence-corrected chi connectivity index (χ1v) is 8.73. The lowest BCUT2D eigenvalue weighted by Gasteiger charge is -2.56. The summed E-state index contributed by atoms with van der Waals surface area (Å²) in [5.74, 6) is 1.30. The van der Waals surface area contributed by atoms with Gasteiger partial charge in [-0.25, -0.2) is 0 Å². The Morgan fingerprint density at radius 1 is 1.14 bits per heavy atom. The van der Waals surface area contributed by atoms with Crippen LogP contribution in [0.3, 0.4) is 0 Å². The van der Waals surface area contributed by atoms with Crippen LogP contribution in [0, 0.1) is 11.3 Å². The molecule has 1 saturated carbocycles. The maximum absolute atomic E-state index is 10.5. The Kier molecular flexibility index (Phi) is 3.60. The zero-order valence-electron chi connectivity index (χ0n) is 14.6. The van der Waals surface area contributed by atoms with Gasteiger partial charge in [-0.2, -0.15) is 0 Å². The minimum Gasteiger partial charge on any atom is -0.508 e. The number of hydrogen-bond acceptors (Lipinski definition) is 2. The molecule has 3 rings (SSSR count). The van der Waals surface area contributed by atoms with E-state index < -0.39 is 0 Å². The van der Waals surface area contributed by atoms with Gasteiger partial charge in [-0.15, -0.1) is 0 Å². The van der Waals surface area contributed by atoms with Crippen molar-refractivity contribution in [2.45, 2.75) is 77.7 Å². The van der Waals surface area contributed by atoms with Gasteiger partial charge in [0.1, 0.15) is 5.75 Å². The van der Waals surface area contributed by atoms with Crippen molar-refractivity contribution in [3.8, 4) is 5.75 Å². The summed E-state index contributed by atoms with van der Waals surface area (Å²) < 4.78 is 0. The summed E-state index contributed by atoms with van der Waals surface area (Å²) in [4.78, 5) is 0. The van der Waals surface area contributed by atoms with E-state index in [1.807, 2.05) is 6.07 Å². The highest BCUT2D eigenvalue weighted by Crippen LogP contribution is 2.58. The minimum absolute atomic E-state index is 0.0411. The molecule has 122 valence electrons. The van der Waals surface area contributed by atoms with Crippen LogP contribution in [-0.2, 0) is 11.8 Å². The molecule has 3 atom stereocenters. The zero-order valence-corrected chi connectivity index (χ0v) is 14.6. The van der Waals surface area contributed by atoms with Gasteiger partial charge in [-0.3, -0.25) is 0 Å². The van der Waals surface area contributed by atoms with Crippen LogP contribution in [0.25, 0.3) is 0 Å². The lowest BCUT2D eigenvalue weighted by atomic mass is 9.49. The smallest absolute Gasteiger partial charge is 0.119 e. The molecule has 2 nitrogen and oxygen atoms in total. The number of aliphatic hydroxyl groups is 1. The SMILES string of the molecule is CC(C)c1c(O)ccc2c1CCC1C(C)(C)C(O)CC[C@]21C. The molecule has 1 aromatic rings. The summed E-state index contributed by atoms with van der Waals surface area (Å²) in [5, 5.41) is 20.8. The fraction of sp³-hybridized carbons (Fsp3) is 0.700. The number of hydrogen-bond donors (Lipinski definition) is 2. The van der Waals surface area contributed by atoms with Gasteiger partial charge in [0.25, 0.3) is 0 Å². The lowest BCUT2D eigenvalue weighted by Crippen LogP contribution is -2.54. The Bertz CT molecular complexity index is 588. The molecule has 0 radical (unpaired) electrons. The van der Waals surface area contributed by atoms with Crippen LogP contribution in [0.1, 0.15) is 76.5 Å². The first-order chi connectivity index (χ1) is 10.2. The van der Waals surface area contributed by atoms with Gasteiger partial charge in [0.2, 0.25) is 0 Å². The van der Waals surface area contributed by atoms with Crippen LogP contribution in [0.15, 0.2) is 12.1 Å². The first-order valence-electron chi connectivity index (χ1n) is 8.73. The molecule has 1 fully saturated rings. The van der Waals surface area contributed by atoms with Gasteiger partial charge in [-0.1, -0.05) is 40.7 Å². The van der Waals surface area contributed by atoms with Crippen molar-refractivity contribution in [3.05, 3.63) is 28.8 Å². The van der Waals surface area contributed by atoms with Gasteiger partial charge in [-0.05, 0) is 71.1 Å². The normalized spacial score (nSPS) is 33.4. The topological polar surface area (TPSA) is 40.5 Å². The number of fused-ring (bicyclic) bond motifs is 3. The van der Waals surface area contributed by atoms with Crippen molar-refractivity contribution < 1.29 is 10.2 Å². The standard InChI is InChI=1S/C20H30O2/c1-12(2)18-13-6-9-16-19(3,4)17(22)10-11-20(16,5)14(13)7-8-15(18)21/h7-8,12,16-17,21-22H,6,9-11H2,1-5H3/t16?,17?,20-/m1/s1. The number of rotatable bonds is 1. The quantitative estimate of drug-likeness (QED) is 0.801. The van der Waals surface area contributed by atoms with Crippen LogP contribution < -0.4 is 0 Å². The second-order valence-corrected chi connectivity index (χ2v) is 8.56. The van der Waals surface area contributed by atoms with Crippen molar-refractivity contribution in [1.82, 2.24) is 0 Å². The van der Waals surface area contributed by atoms with E-state index in [-0.39, 0.29) is 16.9 Å². The van der Waals surface area contributed by atoms with Gasteiger partial charge in [0, 0.05) is 0 Å². The van der Waals surface area contributed by atoms with Crippen molar-refractivity contribution in [3.63, 3.8) is 0 Å². The van der Waals surface area contributed by atoms with Crippen molar-refractivity contribution in [1.29, 1.82) is 0 Å². The molecule has 1 aromatic carbocycles. The predicted octanol–water partition coefficient (Wildman–Crippen LogP) is 4.52. The minimum atomic E-state index is -0.200. The molecule has 0 amide bonds. The third-order valence-corrected chi connectivity index (χ3v) is 6.67. The molecule has 2 aliphatic carbocycles. The fourth-order valence-electron chi connectivity index (χ4n) is 5.44. The lowest BCUT2D eigenvalue weighted by molar-refractivity contribution is -0.0731. The van der Waals surface area contributed by atoms with Gasteiger partial charge < -0.3 is 10.2 Å². The monoisotopic (exact) mass is 302 g/mol. The summed E-state index contributed by atoms with van der Waals surface area (Å²) in [6.45, 7) is 11.2. The molecule has 22 heavy (non-hydrogen) atoms. The third kappa shape index (κ3) is 2.03. The Morgan fingerprint density at radius 3 is 2.45 bits per heavy atom. The second-order valence-electron chi connectivity index (χ2n) is 8.56. The predicted molar refractivity (Wildman–Crippen MR) is 90.4 cm³/mol. The van der Waals surface area contributed by atoms with E-state index in [1.165, 1.54) is 11.1 Å². The summed E-state index contributed by atoms with van der Waals surface area (Å²) in [5.41, 5.74) is 4.01. The Labute approximate surface area is 134 Å². The molecular formula is C20H30O2. The van der Waals surface area contributed by atoms with E-state index in [0.29, 0.717) is 17.6 Å². The number of phenols is 1. The number of aliphatic hydroxyl groups excluding tert-OH is 1. The molecule has 2 heteroatoms. The molecule has 0 heterocycles. The highest BCUT2D eigenvalue weighted by Gasteiger charge is 2.53. The Hall–Kier alpha value is -1.02. The molecule has 0 bridgehead atoms. The average Bonchev–Trinajstić information content (AvgIpc) is 2.42. The van der Waals surface area contributed by atoms with Crippen molar-refractivity contribution in [2.75, 3.05) is 0 Å². The van der Waals surface area contributed by atoms with Crippen LogP contribution in [0.4, 0.5) is 0 Å². The van der Waals surface area contributed by atoms with Gasteiger partial charge in [0.15, 0.2) is 0 Å². The molecule has 0 aliphatic heterocycles. The number of aromatic hydroxyl groups is 1. The highest BCUT2D eigenvalue weighted by molar-refractivity contribution is 5.51.